The minimum absolute atomic E-state index is 0.0307. The van der Waals surface area contributed by atoms with Crippen LogP contribution in [0.1, 0.15) is 94.9 Å². The number of methoxy groups -OCH3 is 2. The molecule has 3 rings (SSSR count). The SMILES string of the molecule is CC[C@H]1OC(=O)[C@H](C)[C@@H](O[C@H]2C[C@@](C)(OC)[C@@H](O)[C@H](C)O2)[C@H](C)C(O[C@@H]2O[C@H](C)C[C@H](N(C)C)[C@H]2O)[C@](C)(O)C[C@@H](C)/C(=N\OCOCCOC)[C@H](C)[C@@H](O)[C@]1(C)O. The van der Waals surface area contributed by atoms with E-state index in [0.717, 1.165) is 0 Å². The number of hydrogen-bond donors (Lipinski definition) is 5. The lowest BCUT2D eigenvalue weighted by Crippen LogP contribution is -2.61. The molecule has 0 aromatic rings. The topological polar surface area (TPSA) is 217 Å². The Kier molecular flexibility index (Phi) is 18.8. The molecule has 1 unspecified atom stereocenters. The van der Waals surface area contributed by atoms with Crippen LogP contribution in [0.2, 0.25) is 0 Å². The van der Waals surface area contributed by atoms with Gasteiger partial charge in [-0.15, -0.1) is 0 Å². The standard InChI is InChI=1S/C41H76N2O15/c1-15-29-41(10,49)34(45)24(4)31(42-53-21-52-17-16-50-13)22(2)19-39(8,48)36(58-38-32(44)28(43(11)12)18-23(3)54-38)25(5)33(26(6)37(47)56-29)57-30-20-40(9,51-14)35(46)27(7)55-30/h22-30,32-36,38,44-46,48-49H,15-21H2,1-14H3/b42-31+/t22-,23-,24+,25+,26-,27+,28+,29-,30+,32-,33+,34-,35+,36?,38+,39-,40-,41-/m1/s1. The number of hydrogen-bond acceptors (Lipinski definition) is 17. The van der Waals surface area contributed by atoms with Gasteiger partial charge in [-0.2, -0.15) is 0 Å². The Hall–Kier alpha value is -1.58. The minimum Gasteiger partial charge on any atom is -0.459 e. The molecule has 18 atom stereocenters. The highest BCUT2D eigenvalue weighted by Crippen LogP contribution is 2.41. The highest BCUT2D eigenvalue weighted by Gasteiger charge is 2.53. The highest BCUT2D eigenvalue weighted by atomic mass is 16.7. The van der Waals surface area contributed by atoms with Gasteiger partial charge in [-0.25, -0.2) is 0 Å². The first-order chi connectivity index (χ1) is 27.0. The summed E-state index contributed by atoms with van der Waals surface area (Å²) in [6.07, 6.45) is -9.49. The van der Waals surface area contributed by atoms with Crippen LogP contribution in [0.5, 0.6) is 0 Å². The summed E-state index contributed by atoms with van der Waals surface area (Å²) >= 11 is 0. The molecule has 0 saturated carbocycles. The highest BCUT2D eigenvalue weighted by molar-refractivity contribution is 5.88. The summed E-state index contributed by atoms with van der Waals surface area (Å²) in [6.45, 7) is 17.3. The predicted octanol–water partition coefficient (Wildman–Crippen LogP) is 2.21. The van der Waals surface area contributed by atoms with Crippen molar-refractivity contribution >= 4 is 11.7 Å². The molecule has 0 aromatic carbocycles. The summed E-state index contributed by atoms with van der Waals surface area (Å²) in [5.74, 6) is -4.14. The maximum atomic E-state index is 14.3. The Morgan fingerprint density at radius 2 is 1.55 bits per heavy atom. The number of esters is 1. The molecule has 58 heavy (non-hydrogen) atoms. The average Bonchev–Trinajstić information content (AvgIpc) is 3.15. The van der Waals surface area contributed by atoms with E-state index in [9.17, 15) is 30.3 Å². The smallest absolute Gasteiger partial charge is 0.311 e. The van der Waals surface area contributed by atoms with Crippen LogP contribution in [0.4, 0.5) is 0 Å². The molecular formula is C41H76N2O15. The van der Waals surface area contributed by atoms with Crippen molar-refractivity contribution in [2.45, 2.75) is 179 Å². The molecule has 3 heterocycles. The zero-order valence-corrected chi connectivity index (χ0v) is 37.3. The maximum Gasteiger partial charge on any atom is 0.311 e. The zero-order valence-electron chi connectivity index (χ0n) is 37.3. The van der Waals surface area contributed by atoms with Gasteiger partial charge >= 0.3 is 5.97 Å². The van der Waals surface area contributed by atoms with Crippen LogP contribution in [0.25, 0.3) is 0 Å². The van der Waals surface area contributed by atoms with Crippen molar-refractivity contribution in [1.29, 1.82) is 0 Å². The van der Waals surface area contributed by atoms with Crippen molar-refractivity contribution in [3.8, 4) is 0 Å². The van der Waals surface area contributed by atoms with Gasteiger partial charge in [0.15, 0.2) is 12.6 Å². The Labute approximate surface area is 345 Å². The lowest BCUT2D eigenvalue weighted by Gasteiger charge is -2.49. The van der Waals surface area contributed by atoms with Crippen LogP contribution in [0, 0.1) is 23.7 Å². The monoisotopic (exact) mass is 837 g/mol. The number of oxime groups is 1. The fourth-order valence-corrected chi connectivity index (χ4v) is 8.93. The molecule has 3 aliphatic rings. The molecule has 17 heteroatoms. The number of aliphatic hydroxyl groups excluding tert-OH is 3. The number of ether oxygens (including phenoxy) is 8. The number of cyclic esters (lactones) is 1. The van der Waals surface area contributed by atoms with Crippen LogP contribution >= 0.6 is 0 Å². The van der Waals surface area contributed by atoms with E-state index in [1.165, 1.54) is 14.0 Å². The molecular weight excluding hydrogens is 760 g/mol. The number of likely N-dealkylation sites (N-methyl/N-ethyl adjacent to an activating group) is 1. The van der Waals surface area contributed by atoms with E-state index in [4.69, 9.17) is 42.7 Å². The normalized spacial score (nSPS) is 45.8. The lowest BCUT2D eigenvalue weighted by molar-refractivity contribution is -0.317. The summed E-state index contributed by atoms with van der Waals surface area (Å²) in [4.78, 5) is 21.8. The molecule has 3 saturated heterocycles. The van der Waals surface area contributed by atoms with Crippen molar-refractivity contribution in [3.63, 3.8) is 0 Å². The zero-order chi connectivity index (χ0) is 43.9. The Morgan fingerprint density at radius 3 is 2.14 bits per heavy atom. The summed E-state index contributed by atoms with van der Waals surface area (Å²) in [7, 11) is 6.76. The van der Waals surface area contributed by atoms with E-state index in [2.05, 4.69) is 5.16 Å². The first kappa shape index (κ1) is 50.8. The molecule has 0 radical (unpaired) electrons. The number of nitrogens with zero attached hydrogens (tertiary/aromatic N) is 2. The molecule has 5 N–H and O–H groups in total. The van der Waals surface area contributed by atoms with Crippen LogP contribution in [-0.2, 0) is 47.5 Å². The largest absolute Gasteiger partial charge is 0.459 e. The van der Waals surface area contributed by atoms with Gasteiger partial charge in [0.25, 0.3) is 0 Å². The number of rotatable bonds is 13. The average molecular weight is 837 g/mol. The number of carbonyl (C=O) groups excluding carboxylic acids is 1. The van der Waals surface area contributed by atoms with Crippen LogP contribution < -0.4 is 0 Å². The van der Waals surface area contributed by atoms with Gasteiger partial charge < -0.3 is 73.2 Å². The van der Waals surface area contributed by atoms with Crippen LogP contribution in [0.3, 0.4) is 0 Å². The first-order valence-corrected chi connectivity index (χ1v) is 20.8. The summed E-state index contributed by atoms with van der Waals surface area (Å²) in [6, 6.07) is -0.328. The fraction of sp³-hybridized carbons (Fsp3) is 0.951. The van der Waals surface area contributed by atoms with E-state index in [0.29, 0.717) is 18.7 Å². The van der Waals surface area contributed by atoms with Gasteiger partial charge in [0, 0.05) is 44.4 Å². The third-order valence-corrected chi connectivity index (χ3v) is 12.6. The van der Waals surface area contributed by atoms with E-state index in [-0.39, 0.29) is 44.8 Å². The maximum absolute atomic E-state index is 14.3. The molecule has 0 amide bonds. The molecule has 0 bridgehead atoms. The molecule has 0 aromatic heterocycles. The van der Waals surface area contributed by atoms with Crippen LogP contribution in [-0.4, -0.2) is 175 Å². The molecule has 3 fully saturated rings. The second kappa shape index (κ2) is 21.5. The Bertz CT molecular complexity index is 1300. The fourth-order valence-electron chi connectivity index (χ4n) is 8.93. The molecule has 0 spiro atoms. The van der Waals surface area contributed by atoms with Gasteiger partial charge in [0.1, 0.15) is 23.9 Å². The second-order valence-corrected chi connectivity index (χ2v) is 17.7. The summed E-state index contributed by atoms with van der Waals surface area (Å²) in [5.41, 5.74) is -4.49. The van der Waals surface area contributed by atoms with E-state index < -0.39 is 102 Å². The lowest BCUT2D eigenvalue weighted by atomic mass is 9.73. The van der Waals surface area contributed by atoms with Gasteiger partial charge in [-0.1, -0.05) is 32.9 Å². The van der Waals surface area contributed by atoms with Crippen molar-refractivity contribution in [1.82, 2.24) is 4.90 Å². The van der Waals surface area contributed by atoms with Crippen molar-refractivity contribution in [3.05, 3.63) is 0 Å². The van der Waals surface area contributed by atoms with Gasteiger partial charge in [0.05, 0.1) is 66.6 Å². The number of carbonyl (C=O) groups is 1. The van der Waals surface area contributed by atoms with Gasteiger partial charge in [-0.3, -0.25) is 4.79 Å². The quantitative estimate of drug-likeness (QED) is 0.0778. The Morgan fingerprint density at radius 1 is 0.897 bits per heavy atom. The molecule has 0 aliphatic carbocycles. The molecule has 340 valence electrons. The molecule has 3 aliphatic heterocycles. The third-order valence-electron chi connectivity index (χ3n) is 12.6. The van der Waals surface area contributed by atoms with Crippen LogP contribution in [0.15, 0.2) is 5.16 Å². The van der Waals surface area contributed by atoms with E-state index in [1.54, 1.807) is 55.6 Å². The molecule has 17 nitrogen and oxygen atoms in total. The van der Waals surface area contributed by atoms with Crippen molar-refractivity contribution in [2.24, 2.45) is 28.8 Å². The van der Waals surface area contributed by atoms with E-state index >= 15 is 0 Å². The summed E-state index contributed by atoms with van der Waals surface area (Å²) < 4.78 is 48.1. The van der Waals surface area contributed by atoms with Gasteiger partial charge in [0.2, 0.25) is 6.79 Å². The predicted molar refractivity (Wildman–Crippen MR) is 212 cm³/mol. The van der Waals surface area contributed by atoms with Crippen molar-refractivity contribution in [2.75, 3.05) is 48.3 Å². The van der Waals surface area contributed by atoms with E-state index in [1.807, 2.05) is 32.8 Å². The minimum atomic E-state index is -1.97. The summed E-state index contributed by atoms with van der Waals surface area (Å²) in [5, 5.41) is 63.6. The van der Waals surface area contributed by atoms with Crippen molar-refractivity contribution < 1.29 is 73.1 Å². The second-order valence-electron chi connectivity index (χ2n) is 17.7. The number of aliphatic hydroxyl groups is 5. The third kappa shape index (κ3) is 12.1. The Balaban J connectivity index is 2.22. The van der Waals surface area contributed by atoms with Gasteiger partial charge in [-0.05, 0) is 74.9 Å². The first-order valence-electron chi connectivity index (χ1n) is 20.8.